The first-order valence-electron chi connectivity index (χ1n) is 3.43. The van der Waals surface area contributed by atoms with E-state index in [1.165, 1.54) is 14.2 Å². The highest BCUT2D eigenvalue weighted by atomic mass is 35.6. The van der Waals surface area contributed by atoms with Gasteiger partial charge >= 0.3 is 7.87 Å². The Morgan fingerprint density at radius 2 is 1.92 bits per heavy atom. The van der Waals surface area contributed by atoms with Gasteiger partial charge in [-0.15, -0.1) is 0 Å². The maximum absolute atomic E-state index is 11.2. The van der Waals surface area contributed by atoms with Gasteiger partial charge in [-0.3, -0.25) is 4.79 Å². The molecule has 0 aromatic carbocycles. The molecule has 0 heterocycles. The third kappa shape index (κ3) is 3.49. The number of allylic oxidation sites excluding steroid dienone is 1. The Kier molecular flexibility index (Phi) is 4.70. The Morgan fingerprint density at radius 1 is 1.50 bits per heavy atom. The number of carbonyl (C=O) groups excluding carboxylic acids is 1. The first-order valence-corrected chi connectivity index (χ1v) is 6.46. The average Bonchev–Trinajstić information content (AvgIpc) is 2.04. The van der Waals surface area contributed by atoms with Crippen LogP contribution in [-0.2, 0) is 13.6 Å². The van der Waals surface area contributed by atoms with Crippen LogP contribution in [0.15, 0.2) is 12.2 Å². The zero-order chi connectivity index (χ0) is 9.78. The molecule has 70 valence electrons. The molecule has 5 heteroatoms. The minimum Gasteiger partial charge on any atom is -0.386 e. The number of hydrogen-bond acceptors (Lipinski definition) is 3. The van der Waals surface area contributed by atoms with Crippen LogP contribution in [-0.4, -0.2) is 27.9 Å². The Bertz CT molecular complexity index is 189. The molecule has 0 saturated heterocycles. The minimum absolute atomic E-state index is 0.108. The van der Waals surface area contributed by atoms with E-state index in [2.05, 4.69) is 6.58 Å². The third-order valence-electron chi connectivity index (χ3n) is 1.46. The zero-order valence-electron chi connectivity index (χ0n) is 7.52. The Hall–Kier alpha value is -0.163. The fraction of sp³-hybridized carbons (Fsp3) is 0.571. The van der Waals surface area contributed by atoms with Crippen molar-refractivity contribution in [2.24, 2.45) is 0 Å². The standard InChI is InChI=1S/C7H13ClO3Si/c1-6(2)7(9)5-12(8,10-3)11-4/h1,5H2,2-4H3. The molecule has 0 aliphatic rings. The molecule has 0 radical (unpaired) electrons. The van der Waals surface area contributed by atoms with E-state index in [0.29, 0.717) is 5.57 Å². The molecule has 0 spiro atoms. The predicted octanol–water partition coefficient (Wildman–Crippen LogP) is 1.60. The lowest BCUT2D eigenvalue weighted by Crippen LogP contribution is -2.35. The average molecular weight is 209 g/mol. The molecule has 0 aromatic rings. The summed E-state index contributed by atoms with van der Waals surface area (Å²) in [6.45, 7) is 5.15. The fourth-order valence-electron chi connectivity index (χ4n) is 0.570. The SMILES string of the molecule is C=C(C)C(=O)C[Si](Cl)(OC)OC. The first kappa shape index (κ1) is 11.8. The molecule has 0 saturated carbocycles. The number of halogens is 1. The van der Waals surface area contributed by atoms with Gasteiger partial charge in [-0.25, -0.2) is 0 Å². The zero-order valence-corrected chi connectivity index (χ0v) is 9.27. The van der Waals surface area contributed by atoms with Crippen LogP contribution >= 0.6 is 11.1 Å². The quantitative estimate of drug-likeness (QED) is 0.391. The van der Waals surface area contributed by atoms with Crippen LogP contribution in [0, 0.1) is 0 Å². The Morgan fingerprint density at radius 3 is 2.17 bits per heavy atom. The van der Waals surface area contributed by atoms with Gasteiger partial charge in [0.2, 0.25) is 0 Å². The molecule has 0 atom stereocenters. The molecular weight excluding hydrogens is 196 g/mol. The maximum atomic E-state index is 11.2. The third-order valence-corrected chi connectivity index (χ3v) is 4.75. The van der Waals surface area contributed by atoms with Crippen molar-refractivity contribution in [3.63, 3.8) is 0 Å². The summed E-state index contributed by atoms with van der Waals surface area (Å²) in [6, 6.07) is 0.108. The van der Waals surface area contributed by atoms with E-state index in [-0.39, 0.29) is 11.8 Å². The Labute approximate surface area is 78.3 Å². The van der Waals surface area contributed by atoms with Crippen LogP contribution in [0.2, 0.25) is 6.04 Å². The number of ketones is 1. The van der Waals surface area contributed by atoms with Crippen molar-refractivity contribution < 1.29 is 13.6 Å². The molecule has 0 aliphatic carbocycles. The lowest BCUT2D eigenvalue weighted by atomic mass is 10.2. The second-order valence-corrected chi connectivity index (χ2v) is 6.67. The molecule has 0 aromatic heterocycles. The number of Topliss-reactive ketones (excluding diaryl/α,β-unsaturated/α-hetero) is 1. The lowest BCUT2D eigenvalue weighted by Gasteiger charge is -2.18. The Balaban J connectivity index is 4.21. The van der Waals surface area contributed by atoms with Crippen LogP contribution in [0.1, 0.15) is 6.92 Å². The van der Waals surface area contributed by atoms with Gasteiger partial charge in [0.1, 0.15) is 0 Å². The van der Waals surface area contributed by atoms with Crippen LogP contribution in [0.5, 0.6) is 0 Å². The fourth-order valence-corrected chi connectivity index (χ4v) is 2.08. The second-order valence-electron chi connectivity index (χ2n) is 2.45. The second kappa shape index (κ2) is 4.76. The van der Waals surface area contributed by atoms with E-state index in [1.54, 1.807) is 6.92 Å². The van der Waals surface area contributed by atoms with Crippen molar-refractivity contribution in [1.82, 2.24) is 0 Å². The molecule has 0 N–H and O–H groups in total. The largest absolute Gasteiger partial charge is 0.450 e. The first-order chi connectivity index (χ1) is 5.45. The summed E-state index contributed by atoms with van der Waals surface area (Å²) in [5, 5.41) is 0. The van der Waals surface area contributed by atoms with Crippen molar-refractivity contribution in [1.29, 1.82) is 0 Å². The van der Waals surface area contributed by atoms with Crippen molar-refractivity contribution in [2.45, 2.75) is 13.0 Å². The van der Waals surface area contributed by atoms with Gasteiger partial charge in [-0.1, -0.05) is 17.7 Å². The van der Waals surface area contributed by atoms with Gasteiger partial charge in [0.05, 0.1) is 6.04 Å². The topological polar surface area (TPSA) is 35.5 Å². The van der Waals surface area contributed by atoms with Crippen LogP contribution in [0.3, 0.4) is 0 Å². The molecule has 0 amide bonds. The molecule has 0 unspecified atom stereocenters. The maximum Gasteiger partial charge on any atom is 0.450 e. The monoisotopic (exact) mass is 208 g/mol. The van der Waals surface area contributed by atoms with Crippen molar-refractivity contribution in [2.75, 3.05) is 14.2 Å². The highest BCUT2D eigenvalue weighted by Crippen LogP contribution is 2.18. The van der Waals surface area contributed by atoms with Gasteiger partial charge in [0.25, 0.3) is 0 Å². The van der Waals surface area contributed by atoms with Gasteiger partial charge in [-0.2, -0.15) is 0 Å². The van der Waals surface area contributed by atoms with Crippen LogP contribution in [0.25, 0.3) is 0 Å². The van der Waals surface area contributed by atoms with Gasteiger partial charge < -0.3 is 8.85 Å². The summed E-state index contributed by atoms with van der Waals surface area (Å²) in [5.41, 5.74) is 0.474. The summed E-state index contributed by atoms with van der Waals surface area (Å²) >= 11 is 5.88. The van der Waals surface area contributed by atoms with Gasteiger partial charge in [0, 0.05) is 14.2 Å². The molecule has 0 bridgehead atoms. The van der Waals surface area contributed by atoms with E-state index in [4.69, 9.17) is 19.9 Å². The normalized spacial score (nSPS) is 11.3. The summed E-state index contributed by atoms with van der Waals surface area (Å²) in [7, 11) is 0.116. The highest BCUT2D eigenvalue weighted by Gasteiger charge is 2.36. The van der Waals surface area contributed by atoms with E-state index >= 15 is 0 Å². The number of rotatable bonds is 5. The lowest BCUT2D eigenvalue weighted by molar-refractivity contribution is -0.113. The minimum atomic E-state index is -2.76. The molecule has 12 heavy (non-hydrogen) atoms. The summed E-state index contributed by atoms with van der Waals surface area (Å²) < 4.78 is 9.86. The number of hydrogen-bond donors (Lipinski definition) is 0. The van der Waals surface area contributed by atoms with E-state index in [0.717, 1.165) is 0 Å². The van der Waals surface area contributed by atoms with E-state index in [1.807, 2.05) is 0 Å². The predicted molar refractivity (Wildman–Crippen MR) is 50.3 cm³/mol. The molecular formula is C7H13ClO3Si. The number of carbonyl (C=O) groups is 1. The van der Waals surface area contributed by atoms with E-state index < -0.39 is 7.87 Å². The van der Waals surface area contributed by atoms with Crippen LogP contribution < -0.4 is 0 Å². The molecule has 3 nitrogen and oxygen atoms in total. The van der Waals surface area contributed by atoms with Gasteiger partial charge in [0.15, 0.2) is 5.78 Å². The van der Waals surface area contributed by atoms with E-state index in [9.17, 15) is 4.79 Å². The van der Waals surface area contributed by atoms with Gasteiger partial charge in [-0.05, 0) is 12.5 Å². The van der Waals surface area contributed by atoms with Crippen LogP contribution in [0.4, 0.5) is 0 Å². The summed E-state index contributed by atoms with van der Waals surface area (Å²) in [6.07, 6.45) is 0. The smallest absolute Gasteiger partial charge is 0.386 e. The summed E-state index contributed by atoms with van der Waals surface area (Å²) in [4.78, 5) is 11.2. The highest BCUT2D eigenvalue weighted by molar-refractivity contribution is 7.14. The molecule has 0 rings (SSSR count). The van der Waals surface area contributed by atoms with Crippen molar-refractivity contribution >= 4 is 24.7 Å². The molecule has 0 aliphatic heterocycles. The van der Waals surface area contributed by atoms with Crippen molar-refractivity contribution in [3.05, 3.63) is 12.2 Å². The van der Waals surface area contributed by atoms with Crippen molar-refractivity contribution in [3.8, 4) is 0 Å². The molecule has 0 fully saturated rings. The summed E-state index contributed by atoms with van der Waals surface area (Å²) in [5.74, 6) is -0.111.